The van der Waals surface area contributed by atoms with Crippen molar-refractivity contribution >= 4 is 26.7 Å². The third-order valence-corrected chi connectivity index (χ3v) is 10.3. The Morgan fingerprint density at radius 2 is 2.00 bits per heavy atom. The molecule has 0 amide bonds. The Kier molecular flexibility index (Phi) is 5.65. The zero-order chi connectivity index (χ0) is 17.4. The van der Waals surface area contributed by atoms with Crippen molar-refractivity contribution in [1.29, 1.82) is 0 Å². The number of esters is 1. The number of Topliss-reactive ketones (excluding diaryl/α,β-unsaturated/α-hetero) is 1. The number of fused-ring (bicyclic) bond motifs is 2. The Balaban J connectivity index is 2.13. The van der Waals surface area contributed by atoms with Crippen LogP contribution in [0.5, 0.6) is 0 Å². The van der Waals surface area contributed by atoms with Gasteiger partial charge >= 0.3 is 146 Å². The minimum absolute atomic E-state index is 0.0969. The van der Waals surface area contributed by atoms with Gasteiger partial charge in [0.1, 0.15) is 0 Å². The molecule has 2 fully saturated rings. The van der Waals surface area contributed by atoms with Gasteiger partial charge < -0.3 is 0 Å². The van der Waals surface area contributed by atoms with Crippen molar-refractivity contribution in [3.63, 3.8) is 0 Å². The van der Waals surface area contributed by atoms with Crippen molar-refractivity contribution < 1.29 is 19.1 Å². The number of methoxy groups -OCH3 is 2. The summed E-state index contributed by atoms with van der Waals surface area (Å²) >= 11 is 0.153. The molecule has 2 aliphatic rings. The molecule has 0 aromatic carbocycles. The monoisotopic (exact) mass is 390 g/mol. The van der Waals surface area contributed by atoms with Gasteiger partial charge in [-0.25, -0.2) is 0 Å². The molecule has 0 aromatic heterocycles. The van der Waals surface area contributed by atoms with E-state index >= 15 is 0 Å². The molecule has 2 bridgehead atoms. The van der Waals surface area contributed by atoms with Crippen LogP contribution in [0, 0.1) is 16.7 Å². The molecule has 5 heteroatoms. The van der Waals surface area contributed by atoms with E-state index in [1.807, 2.05) is 0 Å². The SMILES string of the molecule is CCC([Se][C@@H]1C(=O)[C@]2(C)CC[C@H]1C2(C)C)C(CC(=O)OC)OC. The van der Waals surface area contributed by atoms with Crippen molar-refractivity contribution in [2.45, 2.75) is 69.1 Å². The molecule has 4 nitrogen and oxygen atoms in total. The molecule has 2 saturated carbocycles. The third-order valence-electron chi connectivity index (χ3n) is 6.51. The minimum atomic E-state index is -0.238. The van der Waals surface area contributed by atoms with E-state index in [1.54, 1.807) is 7.11 Å². The van der Waals surface area contributed by atoms with Gasteiger partial charge in [-0.1, -0.05) is 0 Å². The van der Waals surface area contributed by atoms with E-state index in [-0.39, 0.29) is 53.9 Å². The zero-order valence-electron chi connectivity index (χ0n) is 15.2. The van der Waals surface area contributed by atoms with E-state index in [9.17, 15) is 9.59 Å². The first-order valence-electron chi connectivity index (χ1n) is 8.52. The molecule has 0 radical (unpaired) electrons. The van der Waals surface area contributed by atoms with Gasteiger partial charge in [-0.3, -0.25) is 0 Å². The first kappa shape index (κ1) is 19.0. The number of rotatable bonds is 7. The molecule has 0 aromatic rings. The normalized spacial score (nSPS) is 34.4. The van der Waals surface area contributed by atoms with Gasteiger partial charge in [0.05, 0.1) is 0 Å². The number of ketones is 1. The van der Waals surface area contributed by atoms with Gasteiger partial charge in [-0.2, -0.15) is 0 Å². The van der Waals surface area contributed by atoms with Crippen molar-refractivity contribution in [3.05, 3.63) is 0 Å². The summed E-state index contributed by atoms with van der Waals surface area (Å²) in [5.41, 5.74) is -0.0625. The molecule has 5 atom stereocenters. The van der Waals surface area contributed by atoms with E-state index in [4.69, 9.17) is 9.47 Å². The van der Waals surface area contributed by atoms with Gasteiger partial charge in [0.25, 0.3) is 0 Å². The second kappa shape index (κ2) is 6.85. The summed E-state index contributed by atoms with van der Waals surface area (Å²) in [4.78, 5) is 25.1. The Morgan fingerprint density at radius 1 is 1.35 bits per heavy atom. The van der Waals surface area contributed by atoms with Crippen molar-refractivity contribution in [2.24, 2.45) is 16.7 Å². The first-order valence-corrected chi connectivity index (χ1v) is 10.5. The van der Waals surface area contributed by atoms with Crippen molar-refractivity contribution in [1.82, 2.24) is 0 Å². The Morgan fingerprint density at radius 3 is 2.43 bits per heavy atom. The molecule has 23 heavy (non-hydrogen) atoms. The number of hydrogen-bond acceptors (Lipinski definition) is 4. The van der Waals surface area contributed by atoms with Crippen LogP contribution in [0.1, 0.15) is 53.4 Å². The van der Waals surface area contributed by atoms with E-state index in [0.717, 1.165) is 19.3 Å². The molecular weight excluding hydrogens is 359 g/mol. The fraction of sp³-hybridized carbons (Fsp3) is 0.889. The molecule has 0 N–H and O–H groups in total. The summed E-state index contributed by atoms with van der Waals surface area (Å²) in [6.45, 7) is 8.82. The predicted octanol–water partition coefficient (Wildman–Crippen LogP) is 3.28. The molecule has 132 valence electrons. The van der Waals surface area contributed by atoms with Crippen LogP contribution >= 0.6 is 0 Å². The summed E-state index contributed by atoms with van der Waals surface area (Å²) in [6.07, 6.45) is 3.26. The summed E-state index contributed by atoms with van der Waals surface area (Å²) < 4.78 is 10.4. The molecule has 2 rings (SSSR count). The summed E-state index contributed by atoms with van der Waals surface area (Å²) in [7, 11) is 3.06. The Labute approximate surface area is 146 Å². The van der Waals surface area contributed by atoms with Crippen LogP contribution in [0.15, 0.2) is 0 Å². The van der Waals surface area contributed by atoms with Crippen LogP contribution in [-0.4, -0.2) is 47.0 Å². The molecule has 0 heterocycles. The van der Waals surface area contributed by atoms with Crippen LogP contribution in [0.25, 0.3) is 0 Å². The summed E-state index contributed by atoms with van der Waals surface area (Å²) in [5, 5.41) is 0. The predicted molar refractivity (Wildman–Crippen MR) is 90.6 cm³/mol. The Bertz CT molecular complexity index is 476. The maximum atomic E-state index is 13.0. The van der Waals surface area contributed by atoms with Crippen LogP contribution in [-0.2, 0) is 19.1 Å². The standard InChI is InChI=1S/C18H30O4Se/c1-7-13(12(21-5)10-14(19)22-6)23-15-11-8-9-18(4,16(15)20)17(11,2)3/h11-13,15H,7-10H2,1-6H3/t11-,12?,13?,15+,18+/m1/s1. The second-order valence-electron chi connectivity index (χ2n) is 7.62. The van der Waals surface area contributed by atoms with Crippen LogP contribution < -0.4 is 0 Å². The quantitative estimate of drug-likeness (QED) is 0.495. The first-order chi connectivity index (χ1) is 10.7. The van der Waals surface area contributed by atoms with E-state index in [2.05, 4.69) is 27.7 Å². The molecular formula is C18H30O4Se. The maximum absolute atomic E-state index is 13.0. The average molecular weight is 389 g/mol. The number of hydrogen-bond donors (Lipinski definition) is 0. The van der Waals surface area contributed by atoms with Gasteiger partial charge in [0, 0.05) is 0 Å². The second-order valence-corrected chi connectivity index (χ2v) is 10.5. The molecule has 0 spiro atoms. The van der Waals surface area contributed by atoms with E-state index < -0.39 is 0 Å². The summed E-state index contributed by atoms with van der Waals surface area (Å²) in [6, 6.07) is 0. The fourth-order valence-corrected chi connectivity index (χ4v) is 8.61. The molecule has 2 unspecified atom stereocenters. The van der Waals surface area contributed by atoms with Gasteiger partial charge in [0.15, 0.2) is 0 Å². The Hall–Kier alpha value is -0.381. The van der Waals surface area contributed by atoms with Crippen LogP contribution in [0.4, 0.5) is 0 Å². The third kappa shape index (κ3) is 3.01. The zero-order valence-corrected chi connectivity index (χ0v) is 16.9. The van der Waals surface area contributed by atoms with Crippen LogP contribution in [0.3, 0.4) is 0 Å². The molecule has 2 aliphatic carbocycles. The van der Waals surface area contributed by atoms with Crippen molar-refractivity contribution in [3.8, 4) is 0 Å². The topological polar surface area (TPSA) is 52.6 Å². The van der Waals surface area contributed by atoms with Crippen LogP contribution in [0.2, 0.25) is 9.63 Å². The van der Waals surface area contributed by atoms with Gasteiger partial charge in [-0.05, 0) is 0 Å². The molecule has 0 aliphatic heterocycles. The van der Waals surface area contributed by atoms with Gasteiger partial charge in [0.2, 0.25) is 0 Å². The fourth-order valence-electron chi connectivity index (χ4n) is 4.41. The number of carbonyl (C=O) groups is 2. The average Bonchev–Trinajstić information content (AvgIpc) is 2.83. The number of ether oxygens (including phenoxy) is 2. The van der Waals surface area contributed by atoms with Crippen molar-refractivity contribution in [2.75, 3.05) is 14.2 Å². The van der Waals surface area contributed by atoms with Gasteiger partial charge in [-0.15, -0.1) is 0 Å². The van der Waals surface area contributed by atoms with E-state index in [0.29, 0.717) is 11.7 Å². The van der Waals surface area contributed by atoms with E-state index in [1.165, 1.54) is 7.11 Å². The number of carbonyl (C=O) groups excluding carboxylic acids is 2. The summed E-state index contributed by atoms with van der Waals surface area (Å²) in [5.74, 6) is 0.715. The molecule has 0 saturated heterocycles.